The summed E-state index contributed by atoms with van der Waals surface area (Å²) in [5.74, 6) is 1.54. The normalized spacial score (nSPS) is 36.6. The minimum absolute atomic E-state index is 0.249. The molecule has 4 unspecified atom stereocenters. The van der Waals surface area contributed by atoms with Crippen LogP contribution in [0.1, 0.15) is 40.0 Å². The Morgan fingerprint density at radius 3 is 2.29 bits per heavy atom. The zero-order valence-electron chi connectivity index (χ0n) is 14.1. The van der Waals surface area contributed by atoms with Crippen LogP contribution in [-0.2, 0) is 0 Å². The molecule has 0 aromatic carbocycles. The molecule has 117 valence electrons. The Morgan fingerprint density at radius 1 is 1.05 bits per heavy atom. The van der Waals surface area contributed by atoms with Crippen molar-refractivity contribution in [3.05, 3.63) is 24.3 Å². The lowest BCUT2D eigenvalue weighted by Gasteiger charge is -2.32. The van der Waals surface area contributed by atoms with Crippen molar-refractivity contribution < 1.29 is 0 Å². The monoisotopic (exact) mass is 303 g/mol. The van der Waals surface area contributed by atoms with E-state index in [1.165, 1.54) is 32.4 Å². The van der Waals surface area contributed by atoms with Crippen LogP contribution in [0.15, 0.2) is 24.3 Å². The molecule has 0 bridgehead atoms. The van der Waals surface area contributed by atoms with Crippen LogP contribution in [0.5, 0.6) is 0 Å². The van der Waals surface area contributed by atoms with E-state index in [9.17, 15) is 0 Å². The minimum Gasteiger partial charge on any atom is -0.333 e. The van der Waals surface area contributed by atoms with Crippen molar-refractivity contribution in [3.8, 4) is 0 Å². The molecule has 3 rings (SSSR count). The van der Waals surface area contributed by atoms with Gasteiger partial charge in [-0.15, -0.1) is 0 Å². The summed E-state index contributed by atoms with van der Waals surface area (Å²) >= 11 is 0. The van der Waals surface area contributed by atoms with Gasteiger partial charge in [-0.3, -0.25) is 4.90 Å². The number of allylic oxidation sites excluding steroid dienone is 3. The van der Waals surface area contributed by atoms with Gasteiger partial charge in [0, 0.05) is 11.6 Å². The molecule has 4 atom stereocenters. The van der Waals surface area contributed by atoms with Gasteiger partial charge in [0.05, 0.1) is 0 Å². The first kappa shape index (κ1) is 15.5. The van der Waals surface area contributed by atoms with Gasteiger partial charge in [-0.2, -0.15) is 0 Å². The van der Waals surface area contributed by atoms with E-state index in [1.54, 1.807) is 0 Å². The first-order valence-electron chi connectivity index (χ1n) is 8.66. The highest BCUT2D eigenvalue weighted by molar-refractivity contribution is 6.56. The van der Waals surface area contributed by atoms with Gasteiger partial charge in [0.1, 0.15) is 8.96 Å². The first-order valence-corrected chi connectivity index (χ1v) is 10.7. The molecule has 3 aliphatic rings. The highest BCUT2D eigenvalue weighted by atomic mass is 28.3. The number of nitrogens with one attached hydrogen (secondary N) is 1. The van der Waals surface area contributed by atoms with Crippen molar-refractivity contribution in [2.45, 2.75) is 63.7 Å². The Balaban J connectivity index is 1.75. The standard InChI is InChI=1S/C18H31N2Si/c1-18(2,3)19-21(4)17-13-16(20-11-7-8-12-20)14-9-5-6-10-15(14)17/h5-6,9-10,14-17,19H,7-8,11-13H2,1-4H3. The number of nitrogens with zero attached hydrogens (tertiary/aromatic N) is 1. The summed E-state index contributed by atoms with van der Waals surface area (Å²) < 4.78 is 0. The van der Waals surface area contributed by atoms with Crippen molar-refractivity contribution >= 4 is 8.96 Å². The molecule has 0 aromatic heterocycles. The largest absolute Gasteiger partial charge is 0.333 e. The Hall–Kier alpha value is -0.383. The fourth-order valence-corrected chi connectivity index (χ4v) is 7.49. The van der Waals surface area contributed by atoms with Crippen LogP contribution in [0.3, 0.4) is 0 Å². The van der Waals surface area contributed by atoms with Gasteiger partial charge in [-0.1, -0.05) is 30.9 Å². The van der Waals surface area contributed by atoms with Crippen LogP contribution in [-0.4, -0.2) is 38.5 Å². The molecule has 3 heteroatoms. The third kappa shape index (κ3) is 3.35. The van der Waals surface area contributed by atoms with Crippen LogP contribution >= 0.6 is 0 Å². The minimum atomic E-state index is -0.517. The van der Waals surface area contributed by atoms with Gasteiger partial charge < -0.3 is 4.98 Å². The molecule has 1 saturated carbocycles. The Kier molecular flexibility index (Phi) is 4.44. The SMILES string of the molecule is C[Si](NC(C)(C)C)C1CC(N2CCCC2)C2C=CC=CC21. The molecule has 0 aromatic rings. The summed E-state index contributed by atoms with van der Waals surface area (Å²) in [4.78, 5) is 6.72. The van der Waals surface area contributed by atoms with Gasteiger partial charge in [-0.05, 0) is 70.5 Å². The molecule has 1 aliphatic heterocycles. The van der Waals surface area contributed by atoms with E-state index in [4.69, 9.17) is 0 Å². The summed E-state index contributed by atoms with van der Waals surface area (Å²) in [6, 6.07) is 0.797. The second-order valence-corrected chi connectivity index (χ2v) is 10.5. The lowest BCUT2D eigenvalue weighted by atomic mass is 9.89. The second kappa shape index (κ2) is 6.02. The molecule has 2 fully saturated rings. The number of hydrogen-bond acceptors (Lipinski definition) is 2. The van der Waals surface area contributed by atoms with Crippen LogP contribution in [0.4, 0.5) is 0 Å². The van der Waals surface area contributed by atoms with E-state index >= 15 is 0 Å². The molecule has 2 nitrogen and oxygen atoms in total. The molecule has 2 aliphatic carbocycles. The van der Waals surface area contributed by atoms with E-state index < -0.39 is 8.96 Å². The molecule has 1 radical (unpaired) electrons. The van der Waals surface area contributed by atoms with Crippen LogP contribution < -0.4 is 4.98 Å². The molecule has 0 amide bonds. The Labute approximate surface area is 132 Å². The van der Waals surface area contributed by atoms with E-state index in [1.807, 2.05) is 0 Å². The molecule has 1 saturated heterocycles. The predicted molar refractivity (Wildman–Crippen MR) is 92.7 cm³/mol. The third-order valence-electron chi connectivity index (χ3n) is 5.36. The zero-order chi connectivity index (χ0) is 15.0. The maximum absolute atomic E-state index is 3.93. The topological polar surface area (TPSA) is 15.3 Å². The smallest absolute Gasteiger partial charge is 0.134 e. The maximum Gasteiger partial charge on any atom is 0.134 e. The van der Waals surface area contributed by atoms with Crippen molar-refractivity contribution in [1.29, 1.82) is 0 Å². The summed E-state index contributed by atoms with van der Waals surface area (Å²) in [6.07, 6.45) is 13.8. The number of rotatable bonds is 3. The molecular weight excluding hydrogens is 272 g/mol. The van der Waals surface area contributed by atoms with E-state index in [0.29, 0.717) is 0 Å². The van der Waals surface area contributed by atoms with E-state index in [-0.39, 0.29) is 5.54 Å². The lowest BCUT2D eigenvalue weighted by molar-refractivity contribution is 0.210. The predicted octanol–water partition coefficient (Wildman–Crippen LogP) is 3.59. The molecule has 1 heterocycles. The lowest BCUT2D eigenvalue weighted by Crippen LogP contribution is -2.48. The fraction of sp³-hybridized carbons (Fsp3) is 0.778. The van der Waals surface area contributed by atoms with Gasteiger partial charge >= 0.3 is 0 Å². The Morgan fingerprint density at radius 2 is 1.67 bits per heavy atom. The van der Waals surface area contributed by atoms with Gasteiger partial charge in [-0.25, -0.2) is 0 Å². The summed E-state index contributed by atoms with van der Waals surface area (Å²) in [6.45, 7) is 12.1. The van der Waals surface area contributed by atoms with Crippen molar-refractivity contribution in [1.82, 2.24) is 9.88 Å². The summed E-state index contributed by atoms with van der Waals surface area (Å²) in [7, 11) is -0.517. The van der Waals surface area contributed by atoms with Gasteiger partial charge in [0.25, 0.3) is 0 Å². The average Bonchev–Trinajstić information content (AvgIpc) is 3.03. The summed E-state index contributed by atoms with van der Waals surface area (Å²) in [5, 5.41) is 0. The zero-order valence-corrected chi connectivity index (χ0v) is 15.1. The second-order valence-electron chi connectivity index (χ2n) is 8.14. The van der Waals surface area contributed by atoms with E-state index in [2.05, 4.69) is 61.5 Å². The van der Waals surface area contributed by atoms with Crippen LogP contribution in [0, 0.1) is 11.8 Å². The van der Waals surface area contributed by atoms with Crippen LogP contribution in [0.2, 0.25) is 12.1 Å². The summed E-state index contributed by atoms with van der Waals surface area (Å²) in [5.41, 5.74) is 1.12. The number of fused-ring (bicyclic) bond motifs is 1. The molecule has 21 heavy (non-hydrogen) atoms. The average molecular weight is 304 g/mol. The van der Waals surface area contributed by atoms with Crippen molar-refractivity contribution in [2.75, 3.05) is 13.1 Å². The quantitative estimate of drug-likeness (QED) is 0.802. The molecule has 0 spiro atoms. The highest BCUT2D eigenvalue weighted by Gasteiger charge is 2.46. The van der Waals surface area contributed by atoms with Crippen molar-refractivity contribution in [2.24, 2.45) is 11.8 Å². The number of hydrogen-bond donors (Lipinski definition) is 1. The third-order valence-corrected chi connectivity index (χ3v) is 8.24. The first-order chi connectivity index (χ1) is 9.96. The van der Waals surface area contributed by atoms with E-state index in [0.717, 1.165) is 23.4 Å². The molecule has 1 N–H and O–H groups in total. The van der Waals surface area contributed by atoms with Crippen LogP contribution in [0.25, 0.3) is 0 Å². The van der Waals surface area contributed by atoms with Gasteiger partial charge in [0.15, 0.2) is 0 Å². The Bertz CT molecular complexity index is 417. The molecular formula is C18H31N2Si. The highest BCUT2D eigenvalue weighted by Crippen LogP contribution is 2.48. The van der Waals surface area contributed by atoms with Crippen molar-refractivity contribution in [3.63, 3.8) is 0 Å². The van der Waals surface area contributed by atoms with Gasteiger partial charge in [0.2, 0.25) is 0 Å². The maximum atomic E-state index is 3.93. The number of likely N-dealkylation sites (tertiary alicyclic amines) is 1. The fourth-order valence-electron chi connectivity index (χ4n) is 4.62.